The normalized spacial score (nSPS) is 10.5. The van der Waals surface area contributed by atoms with Crippen LogP contribution in [0.2, 0.25) is 0 Å². The molecule has 0 unspecified atom stereocenters. The van der Waals surface area contributed by atoms with Crippen molar-refractivity contribution in [3.63, 3.8) is 0 Å². The highest BCUT2D eigenvalue weighted by molar-refractivity contribution is 5.72. The molecular formula is C16H18. The van der Waals surface area contributed by atoms with E-state index in [4.69, 9.17) is 0 Å². The molecule has 82 valence electrons. The minimum absolute atomic E-state index is 1.32. The van der Waals surface area contributed by atoms with Crippen molar-refractivity contribution in [3.05, 3.63) is 58.7 Å². The van der Waals surface area contributed by atoms with E-state index in [1.54, 1.807) is 0 Å². The molecule has 0 saturated heterocycles. The maximum atomic E-state index is 2.28. The summed E-state index contributed by atoms with van der Waals surface area (Å²) in [5, 5.41) is 0. The average molecular weight is 210 g/mol. The van der Waals surface area contributed by atoms with Crippen LogP contribution in [0.4, 0.5) is 0 Å². The van der Waals surface area contributed by atoms with Crippen LogP contribution < -0.4 is 0 Å². The maximum Gasteiger partial charge on any atom is -0.0123 e. The Bertz CT molecular complexity index is 507. The van der Waals surface area contributed by atoms with Crippen molar-refractivity contribution < 1.29 is 0 Å². The Balaban J connectivity index is 2.71. The number of hydrogen-bond donors (Lipinski definition) is 0. The van der Waals surface area contributed by atoms with Crippen molar-refractivity contribution in [2.45, 2.75) is 27.7 Å². The Labute approximate surface area is 97.9 Å². The van der Waals surface area contributed by atoms with E-state index >= 15 is 0 Å². The van der Waals surface area contributed by atoms with E-state index in [1.807, 2.05) is 0 Å². The molecule has 0 heteroatoms. The van der Waals surface area contributed by atoms with Crippen LogP contribution in [-0.4, -0.2) is 0 Å². The fourth-order valence-electron chi connectivity index (χ4n) is 2.33. The quantitative estimate of drug-likeness (QED) is 0.646. The van der Waals surface area contributed by atoms with Gasteiger partial charge in [0.1, 0.15) is 0 Å². The second kappa shape index (κ2) is 4.13. The lowest BCUT2D eigenvalue weighted by Crippen LogP contribution is -1.94. The van der Waals surface area contributed by atoms with Gasteiger partial charge in [-0.3, -0.25) is 0 Å². The molecule has 0 heterocycles. The van der Waals surface area contributed by atoms with Crippen LogP contribution in [0.5, 0.6) is 0 Å². The standard InChI is InChI=1S/C16H18/c1-11-10-12(2)16(14(4)13(11)3)15-8-6-5-7-9-15/h5-10H,1-4H3. The van der Waals surface area contributed by atoms with Gasteiger partial charge in [0.25, 0.3) is 0 Å². The second-order valence-electron chi connectivity index (χ2n) is 4.50. The Morgan fingerprint density at radius 2 is 1.31 bits per heavy atom. The van der Waals surface area contributed by atoms with Crippen molar-refractivity contribution in [1.29, 1.82) is 0 Å². The molecule has 0 fully saturated rings. The first-order valence-corrected chi connectivity index (χ1v) is 5.74. The average Bonchev–Trinajstić information content (AvgIpc) is 2.28. The van der Waals surface area contributed by atoms with Gasteiger partial charge < -0.3 is 0 Å². The van der Waals surface area contributed by atoms with Crippen LogP contribution in [0.15, 0.2) is 36.4 Å². The van der Waals surface area contributed by atoms with E-state index in [0.29, 0.717) is 0 Å². The fourth-order valence-corrected chi connectivity index (χ4v) is 2.33. The van der Waals surface area contributed by atoms with Crippen LogP contribution in [0.3, 0.4) is 0 Å². The van der Waals surface area contributed by atoms with Gasteiger partial charge in [-0.25, -0.2) is 0 Å². The predicted molar refractivity (Wildman–Crippen MR) is 70.8 cm³/mol. The summed E-state index contributed by atoms with van der Waals surface area (Å²) in [6, 6.07) is 12.9. The third kappa shape index (κ3) is 1.76. The summed E-state index contributed by atoms with van der Waals surface area (Å²) in [6.45, 7) is 8.81. The summed E-state index contributed by atoms with van der Waals surface area (Å²) in [7, 11) is 0. The molecule has 0 aliphatic rings. The van der Waals surface area contributed by atoms with Gasteiger partial charge in [-0.1, -0.05) is 36.4 Å². The van der Waals surface area contributed by atoms with Crippen LogP contribution in [0.25, 0.3) is 11.1 Å². The lowest BCUT2D eigenvalue weighted by Gasteiger charge is -2.15. The first-order valence-electron chi connectivity index (χ1n) is 5.74. The molecule has 0 radical (unpaired) electrons. The molecule has 0 atom stereocenters. The molecule has 0 saturated carbocycles. The molecule has 0 spiro atoms. The summed E-state index contributed by atoms with van der Waals surface area (Å²) in [5.41, 5.74) is 8.28. The molecule has 0 nitrogen and oxygen atoms in total. The third-order valence-electron chi connectivity index (χ3n) is 3.42. The van der Waals surface area contributed by atoms with Gasteiger partial charge in [-0.2, -0.15) is 0 Å². The van der Waals surface area contributed by atoms with Gasteiger partial charge in [0, 0.05) is 0 Å². The van der Waals surface area contributed by atoms with Gasteiger partial charge in [0.05, 0.1) is 0 Å². The predicted octanol–water partition coefficient (Wildman–Crippen LogP) is 4.59. The highest BCUT2D eigenvalue weighted by atomic mass is 14.1. The van der Waals surface area contributed by atoms with E-state index in [2.05, 4.69) is 64.1 Å². The Morgan fingerprint density at radius 3 is 1.94 bits per heavy atom. The topological polar surface area (TPSA) is 0 Å². The number of rotatable bonds is 1. The Morgan fingerprint density at radius 1 is 0.688 bits per heavy atom. The minimum atomic E-state index is 1.32. The van der Waals surface area contributed by atoms with Gasteiger partial charge in [-0.15, -0.1) is 0 Å². The minimum Gasteiger partial charge on any atom is -0.0622 e. The van der Waals surface area contributed by atoms with Crippen molar-refractivity contribution in [2.24, 2.45) is 0 Å². The van der Waals surface area contributed by atoms with Crippen LogP contribution in [0.1, 0.15) is 22.3 Å². The van der Waals surface area contributed by atoms with E-state index in [0.717, 1.165) is 0 Å². The van der Waals surface area contributed by atoms with Crippen LogP contribution in [0, 0.1) is 27.7 Å². The van der Waals surface area contributed by atoms with Crippen LogP contribution >= 0.6 is 0 Å². The molecule has 0 N–H and O–H groups in total. The van der Waals surface area contributed by atoms with E-state index in [1.165, 1.54) is 33.4 Å². The van der Waals surface area contributed by atoms with Gasteiger partial charge in [-0.05, 0) is 61.1 Å². The number of hydrogen-bond acceptors (Lipinski definition) is 0. The highest BCUT2D eigenvalue weighted by Crippen LogP contribution is 2.30. The molecule has 2 aromatic rings. The highest BCUT2D eigenvalue weighted by Gasteiger charge is 2.09. The second-order valence-corrected chi connectivity index (χ2v) is 4.50. The van der Waals surface area contributed by atoms with E-state index in [-0.39, 0.29) is 0 Å². The summed E-state index contributed by atoms with van der Waals surface area (Å²) in [4.78, 5) is 0. The Hall–Kier alpha value is -1.56. The lowest BCUT2D eigenvalue weighted by atomic mass is 9.90. The first-order chi connectivity index (χ1) is 7.61. The monoisotopic (exact) mass is 210 g/mol. The van der Waals surface area contributed by atoms with Crippen molar-refractivity contribution >= 4 is 0 Å². The smallest absolute Gasteiger partial charge is 0.0123 e. The molecule has 0 aliphatic carbocycles. The van der Waals surface area contributed by atoms with Gasteiger partial charge >= 0.3 is 0 Å². The van der Waals surface area contributed by atoms with E-state index < -0.39 is 0 Å². The van der Waals surface area contributed by atoms with E-state index in [9.17, 15) is 0 Å². The van der Waals surface area contributed by atoms with Crippen molar-refractivity contribution in [1.82, 2.24) is 0 Å². The number of aryl methyl sites for hydroxylation is 2. The molecule has 0 aromatic heterocycles. The van der Waals surface area contributed by atoms with Crippen LogP contribution in [-0.2, 0) is 0 Å². The molecule has 2 aromatic carbocycles. The summed E-state index contributed by atoms with van der Waals surface area (Å²) < 4.78 is 0. The summed E-state index contributed by atoms with van der Waals surface area (Å²) in [6.07, 6.45) is 0. The first kappa shape index (κ1) is 10.9. The van der Waals surface area contributed by atoms with Crippen molar-refractivity contribution in [3.8, 4) is 11.1 Å². The molecule has 0 amide bonds. The van der Waals surface area contributed by atoms with Crippen molar-refractivity contribution in [2.75, 3.05) is 0 Å². The zero-order valence-corrected chi connectivity index (χ0v) is 10.5. The largest absolute Gasteiger partial charge is 0.0622 e. The zero-order chi connectivity index (χ0) is 11.7. The molecule has 0 aliphatic heterocycles. The van der Waals surface area contributed by atoms with Gasteiger partial charge in [0.15, 0.2) is 0 Å². The third-order valence-corrected chi connectivity index (χ3v) is 3.42. The SMILES string of the molecule is Cc1cc(C)c(-c2ccccc2)c(C)c1C. The zero-order valence-electron chi connectivity index (χ0n) is 10.5. The Kier molecular flexibility index (Phi) is 2.82. The number of benzene rings is 2. The molecule has 0 bridgehead atoms. The summed E-state index contributed by atoms with van der Waals surface area (Å²) in [5.74, 6) is 0. The maximum absolute atomic E-state index is 2.28. The van der Waals surface area contributed by atoms with Gasteiger partial charge in [0.2, 0.25) is 0 Å². The fraction of sp³-hybridized carbons (Fsp3) is 0.250. The molecular weight excluding hydrogens is 192 g/mol. The molecule has 2 rings (SSSR count). The molecule has 16 heavy (non-hydrogen) atoms. The summed E-state index contributed by atoms with van der Waals surface area (Å²) >= 11 is 0. The lowest BCUT2D eigenvalue weighted by molar-refractivity contribution is 1.24.